The fourth-order valence-electron chi connectivity index (χ4n) is 2.54. The molecule has 5 nitrogen and oxygen atoms in total. The van der Waals surface area contributed by atoms with Gasteiger partial charge in [0.25, 0.3) is 5.56 Å². The predicted octanol–water partition coefficient (Wildman–Crippen LogP) is 3.27. The van der Waals surface area contributed by atoms with Crippen LogP contribution in [0, 0.1) is 6.92 Å². The van der Waals surface area contributed by atoms with Crippen molar-refractivity contribution in [3.05, 3.63) is 63.0 Å². The first-order chi connectivity index (χ1) is 11.9. The van der Waals surface area contributed by atoms with Gasteiger partial charge in [-0.25, -0.2) is 8.42 Å². The lowest BCUT2D eigenvalue weighted by Gasteiger charge is -2.29. The van der Waals surface area contributed by atoms with Crippen LogP contribution in [0.25, 0.3) is 0 Å². The smallest absolute Gasteiger partial charge is 0.317 e. The summed E-state index contributed by atoms with van der Waals surface area (Å²) in [6, 6.07) is 3.42. The molecule has 0 saturated carbocycles. The van der Waals surface area contributed by atoms with E-state index in [4.69, 9.17) is 11.6 Å². The number of halogens is 4. The van der Waals surface area contributed by atoms with Gasteiger partial charge in [0.05, 0.1) is 4.90 Å². The van der Waals surface area contributed by atoms with Crippen LogP contribution in [-0.4, -0.2) is 30.5 Å². The lowest BCUT2D eigenvalue weighted by Crippen LogP contribution is -2.40. The lowest BCUT2D eigenvalue weighted by atomic mass is 10.1. The van der Waals surface area contributed by atoms with E-state index in [-0.39, 0.29) is 20.5 Å². The van der Waals surface area contributed by atoms with Crippen LogP contribution >= 0.6 is 11.6 Å². The maximum Gasteiger partial charge on any atom is 0.409 e. The molecule has 0 radical (unpaired) electrons. The molecule has 0 bridgehead atoms. The Kier molecular flexibility index (Phi) is 5.55. The van der Waals surface area contributed by atoms with Gasteiger partial charge in [0.2, 0.25) is 10.0 Å². The highest BCUT2D eigenvalue weighted by atomic mass is 35.5. The first-order valence-electron chi connectivity index (χ1n) is 7.33. The van der Waals surface area contributed by atoms with E-state index in [9.17, 15) is 26.4 Å². The first kappa shape index (κ1) is 20.5. The minimum absolute atomic E-state index is 0.108. The van der Waals surface area contributed by atoms with Crippen molar-refractivity contribution in [2.75, 3.05) is 7.05 Å². The van der Waals surface area contributed by atoms with Gasteiger partial charge in [-0.15, -0.1) is 0 Å². The number of rotatable bonds is 4. The van der Waals surface area contributed by atoms with E-state index in [0.717, 1.165) is 36.0 Å². The van der Waals surface area contributed by atoms with Gasteiger partial charge >= 0.3 is 6.18 Å². The molecule has 1 heterocycles. The van der Waals surface area contributed by atoms with Crippen LogP contribution in [0.2, 0.25) is 5.02 Å². The number of aromatic nitrogens is 1. The predicted molar refractivity (Wildman–Crippen MR) is 91.6 cm³/mol. The quantitative estimate of drug-likeness (QED) is 0.780. The second-order valence-electron chi connectivity index (χ2n) is 5.79. The van der Waals surface area contributed by atoms with Crippen molar-refractivity contribution in [2.24, 2.45) is 7.05 Å². The van der Waals surface area contributed by atoms with Crippen LogP contribution in [0.3, 0.4) is 0 Å². The molecular weight excluding hydrogens is 393 g/mol. The Balaban J connectivity index is 2.59. The molecule has 142 valence electrons. The molecule has 0 N–H and O–H groups in total. The van der Waals surface area contributed by atoms with Crippen molar-refractivity contribution in [3.63, 3.8) is 0 Å². The van der Waals surface area contributed by atoms with E-state index >= 15 is 0 Å². The Morgan fingerprint density at radius 1 is 1.19 bits per heavy atom. The number of nitrogens with zero attached hydrogens (tertiary/aromatic N) is 2. The van der Waals surface area contributed by atoms with Crippen LogP contribution in [0.1, 0.15) is 17.2 Å². The molecular formula is C16H16ClF3N2O3S. The highest BCUT2D eigenvalue weighted by Crippen LogP contribution is 2.39. The summed E-state index contributed by atoms with van der Waals surface area (Å²) in [7, 11) is -2.34. The summed E-state index contributed by atoms with van der Waals surface area (Å²) in [5, 5.41) is 0.230. The average molecular weight is 409 g/mol. The first-order valence-corrected chi connectivity index (χ1v) is 9.15. The van der Waals surface area contributed by atoms with E-state index in [1.54, 1.807) is 0 Å². The van der Waals surface area contributed by atoms with Crippen molar-refractivity contribution in [3.8, 4) is 0 Å². The molecule has 1 aromatic carbocycles. The molecule has 0 aliphatic heterocycles. The van der Waals surface area contributed by atoms with Crippen LogP contribution in [0.15, 0.2) is 46.2 Å². The van der Waals surface area contributed by atoms with E-state index in [1.165, 1.54) is 26.1 Å². The molecule has 2 aromatic rings. The SMILES string of the molecule is Cc1cc(S(=O)(=O)N(C)C(c2ccc(Cl)cc2)C(F)(F)F)cn(C)c1=O. The van der Waals surface area contributed by atoms with Gasteiger partial charge in [-0.2, -0.15) is 17.5 Å². The highest BCUT2D eigenvalue weighted by Gasteiger charge is 2.47. The minimum atomic E-state index is -4.86. The van der Waals surface area contributed by atoms with Crippen LogP contribution < -0.4 is 5.56 Å². The molecule has 0 fully saturated rings. The zero-order valence-corrected chi connectivity index (χ0v) is 15.7. The summed E-state index contributed by atoms with van der Waals surface area (Å²) < 4.78 is 67.7. The van der Waals surface area contributed by atoms with Gasteiger partial charge in [-0.3, -0.25) is 4.79 Å². The summed E-state index contributed by atoms with van der Waals surface area (Å²) >= 11 is 5.70. The van der Waals surface area contributed by atoms with Gasteiger partial charge < -0.3 is 4.57 Å². The normalized spacial score (nSPS) is 13.8. The fraction of sp³-hybridized carbons (Fsp3) is 0.312. The Hall–Kier alpha value is -1.84. The van der Waals surface area contributed by atoms with E-state index in [2.05, 4.69) is 0 Å². The van der Waals surface area contributed by atoms with Gasteiger partial charge in [-0.05, 0) is 30.7 Å². The van der Waals surface area contributed by atoms with Gasteiger partial charge in [0.15, 0.2) is 0 Å². The molecule has 0 spiro atoms. The lowest BCUT2D eigenvalue weighted by molar-refractivity contribution is -0.171. The monoisotopic (exact) mass is 408 g/mol. The molecule has 2 rings (SSSR count). The van der Waals surface area contributed by atoms with Crippen LogP contribution in [0.5, 0.6) is 0 Å². The summed E-state index contributed by atoms with van der Waals surface area (Å²) in [6.07, 6.45) is -3.86. The zero-order chi connectivity index (χ0) is 19.9. The minimum Gasteiger partial charge on any atom is -0.317 e. The number of hydrogen-bond donors (Lipinski definition) is 0. The Morgan fingerprint density at radius 3 is 2.19 bits per heavy atom. The summed E-state index contributed by atoms with van der Waals surface area (Å²) in [6.45, 7) is 1.39. The molecule has 0 saturated heterocycles. The fourth-order valence-corrected chi connectivity index (χ4v) is 4.13. The van der Waals surface area contributed by atoms with Crippen molar-refractivity contribution in [2.45, 2.75) is 24.0 Å². The molecule has 26 heavy (non-hydrogen) atoms. The third-order valence-electron chi connectivity index (χ3n) is 3.87. The molecule has 0 aliphatic carbocycles. The Bertz CT molecular complexity index is 943. The third-order valence-corrected chi connectivity index (χ3v) is 5.91. The third kappa shape index (κ3) is 3.94. The Morgan fingerprint density at radius 2 is 1.73 bits per heavy atom. The maximum atomic E-state index is 13.6. The van der Waals surface area contributed by atoms with Gasteiger partial charge in [0.1, 0.15) is 6.04 Å². The van der Waals surface area contributed by atoms with E-state index in [0.29, 0.717) is 0 Å². The second-order valence-corrected chi connectivity index (χ2v) is 8.23. The average Bonchev–Trinajstić information content (AvgIpc) is 2.52. The molecule has 1 aromatic heterocycles. The maximum absolute atomic E-state index is 13.6. The number of pyridine rings is 1. The topological polar surface area (TPSA) is 59.4 Å². The standard InChI is InChI=1S/C16H16ClF3N2O3S/c1-10-8-13(9-21(2)15(10)23)26(24,25)22(3)14(16(18,19)20)11-4-6-12(17)7-5-11/h4-9,14H,1-3H3. The molecule has 0 aliphatic rings. The van der Waals surface area contributed by atoms with Crippen molar-refractivity contribution in [1.29, 1.82) is 0 Å². The number of alkyl halides is 3. The van der Waals surface area contributed by atoms with Crippen LogP contribution in [0.4, 0.5) is 13.2 Å². The van der Waals surface area contributed by atoms with Gasteiger partial charge in [-0.1, -0.05) is 23.7 Å². The number of aryl methyl sites for hydroxylation is 2. The number of sulfonamides is 1. The van der Waals surface area contributed by atoms with Gasteiger partial charge in [0, 0.05) is 30.9 Å². The van der Waals surface area contributed by atoms with Crippen molar-refractivity contribution >= 4 is 21.6 Å². The van der Waals surface area contributed by atoms with E-state index in [1.807, 2.05) is 0 Å². The summed E-state index contributed by atoms with van der Waals surface area (Å²) in [4.78, 5) is 11.3. The molecule has 1 atom stereocenters. The highest BCUT2D eigenvalue weighted by molar-refractivity contribution is 7.89. The molecule has 1 unspecified atom stereocenters. The largest absolute Gasteiger partial charge is 0.409 e. The summed E-state index contributed by atoms with van der Waals surface area (Å²) in [5.41, 5.74) is -0.594. The van der Waals surface area contributed by atoms with E-state index < -0.39 is 32.7 Å². The second kappa shape index (κ2) is 7.05. The molecule has 10 heteroatoms. The molecule has 0 amide bonds. The summed E-state index contributed by atoms with van der Waals surface area (Å²) in [5.74, 6) is 0. The number of benzene rings is 1. The van der Waals surface area contributed by atoms with Crippen molar-refractivity contribution in [1.82, 2.24) is 8.87 Å². The Labute approximate surface area is 153 Å². The zero-order valence-electron chi connectivity index (χ0n) is 14.1. The van der Waals surface area contributed by atoms with Crippen LogP contribution in [-0.2, 0) is 17.1 Å². The number of hydrogen-bond acceptors (Lipinski definition) is 3. The van der Waals surface area contributed by atoms with Crippen molar-refractivity contribution < 1.29 is 21.6 Å².